The molecule has 1 aliphatic heterocycles. The van der Waals surface area contributed by atoms with Gasteiger partial charge in [0.1, 0.15) is 11.6 Å². The van der Waals surface area contributed by atoms with Crippen molar-refractivity contribution in [3.8, 4) is 5.75 Å². The van der Waals surface area contributed by atoms with Crippen LogP contribution >= 0.6 is 0 Å². The van der Waals surface area contributed by atoms with Crippen LogP contribution in [0.25, 0.3) is 10.9 Å². The number of nitrogens with one attached hydrogen (secondary N) is 1. The maximum atomic E-state index is 13.6. The smallest absolute Gasteiger partial charge is 0.258 e. The van der Waals surface area contributed by atoms with E-state index in [1.807, 2.05) is 35.2 Å². The second kappa shape index (κ2) is 10.1. The van der Waals surface area contributed by atoms with Gasteiger partial charge in [0.15, 0.2) is 0 Å². The molecule has 34 heavy (non-hydrogen) atoms. The molecule has 0 radical (unpaired) electrons. The number of fused-ring (bicyclic) bond motifs is 1. The summed E-state index contributed by atoms with van der Waals surface area (Å²) in [7, 11) is 3.29. The first-order chi connectivity index (χ1) is 16.4. The fourth-order valence-corrected chi connectivity index (χ4v) is 4.61. The van der Waals surface area contributed by atoms with Gasteiger partial charge < -0.3 is 19.5 Å². The number of rotatable bonds is 8. The fourth-order valence-electron chi connectivity index (χ4n) is 4.61. The molecule has 1 N–H and O–H groups in total. The van der Waals surface area contributed by atoms with E-state index < -0.39 is 5.92 Å². The predicted molar refractivity (Wildman–Crippen MR) is 129 cm³/mol. The van der Waals surface area contributed by atoms with Crippen LogP contribution < -0.4 is 10.3 Å². The largest absolute Gasteiger partial charge is 0.497 e. The van der Waals surface area contributed by atoms with E-state index in [0.717, 1.165) is 24.2 Å². The summed E-state index contributed by atoms with van der Waals surface area (Å²) in [6.45, 7) is 2.84. The van der Waals surface area contributed by atoms with Crippen molar-refractivity contribution >= 4 is 22.7 Å². The molecule has 0 saturated carbocycles. The Kier molecular flexibility index (Phi) is 6.95. The summed E-state index contributed by atoms with van der Waals surface area (Å²) in [4.78, 5) is 49.6. The van der Waals surface area contributed by atoms with E-state index in [1.54, 1.807) is 37.3 Å². The van der Waals surface area contributed by atoms with Gasteiger partial charge in [-0.15, -0.1) is 0 Å². The quantitative estimate of drug-likeness (QED) is 0.554. The van der Waals surface area contributed by atoms with Crippen LogP contribution in [0.5, 0.6) is 5.75 Å². The lowest BCUT2D eigenvalue weighted by Gasteiger charge is -2.30. The minimum atomic E-state index is -0.519. The second-order valence-corrected chi connectivity index (χ2v) is 8.69. The molecule has 1 fully saturated rings. The molecular formula is C26H30N4O4. The molecular weight excluding hydrogens is 432 g/mol. The molecule has 8 nitrogen and oxygen atoms in total. The van der Waals surface area contributed by atoms with Gasteiger partial charge in [-0.1, -0.05) is 37.6 Å². The molecule has 2 atom stereocenters. The highest BCUT2D eigenvalue weighted by molar-refractivity contribution is 5.90. The van der Waals surface area contributed by atoms with Gasteiger partial charge in [0.2, 0.25) is 11.8 Å². The summed E-state index contributed by atoms with van der Waals surface area (Å²) >= 11 is 0. The summed E-state index contributed by atoms with van der Waals surface area (Å²) in [6.07, 6.45) is 1.99. The van der Waals surface area contributed by atoms with Gasteiger partial charge in [0, 0.05) is 20.0 Å². The topological polar surface area (TPSA) is 95.6 Å². The van der Waals surface area contributed by atoms with Crippen molar-refractivity contribution in [1.29, 1.82) is 0 Å². The van der Waals surface area contributed by atoms with Crippen molar-refractivity contribution in [2.75, 3.05) is 20.7 Å². The average molecular weight is 463 g/mol. The standard InChI is InChI=1S/C26H30N4O4/c1-4-5-14-30-23(31)15-20(24(30)17-10-12-18(34-3)13-11-17)26(33)29(2)16-22-27-21-9-7-6-8-19(21)25(32)28-22/h6-13,20,24H,4-5,14-16H2,1-3H3,(H,27,28,32). The maximum Gasteiger partial charge on any atom is 0.258 e. The van der Waals surface area contributed by atoms with E-state index in [9.17, 15) is 14.4 Å². The Morgan fingerprint density at radius 3 is 2.62 bits per heavy atom. The van der Waals surface area contributed by atoms with Gasteiger partial charge in [0.25, 0.3) is 5.56 Å². The van der Waals surface area contributed by atoms with Crippen molar-refractivity contribution in [3.05, 3.63) is 70.3 Å². The maximum absolute atomic E-state index is 13.6. The molecule has 1 saturated heterocycles. The third kappa shape index (κ3) is 4.66. The van der Waals surface area contributed by atoms with Crippen molar-refractivity contribution in [3.63, 3.8) is 0 Å². The number of hydrogen-bond donors (Lipinski definition) is 1. The minimum absolute atomic E-state index is 0.0155. The zero-order valence-electron chi connectivity index (χ0n) is 19.8. The monoisotopic (exact) mass is 462 g/mol. The van der Waals surface area contributed by atoms with E-state index in [-0.39, 0.29) is 36.4 Å². The summed E-state index contributed by atoms with van der Waals surface area (Å²) in [6, 6.07) is 14.3. The molecule has 1 aromatic heterocycles. The fraction of sp³-hybridized carbons (Fsp3) is 0.385. The number of amides is 2. The number of para-hydroxylation sites is 1. The molecule has 0 spiro atoms. The minimum Gasteiger partial charge on any atom is -0.497 e. The van der Waals surface area contributed by atoms with E-state index >= 15 is 0 Å². The first-order valence-corrected chi connectivity index (χ1v) is 11.6. The second-order valence-electron chi connectivity index (χ2n) is 8.69. The molecule has 178 valence electrons. The Labute approximate surface area is 198 Å². The summed E-state index contributed by atoms with van der Waals surface area (Å²) in [5, 5.41) is 0.507. The van der Waals surface area contributed by atoms with Crippen LogP contribution in [0.1, 0.15) is 43.6 Å². The first kappa shape index (κ1) is 23.5. The Morgan fingerprint density at radius 1 is 1.18 bits per heavy atom. The van der Waals surface area contributed by atoms with Crippen LogP contribution in [0.3, 0.4) is 0 Å². The van der Waals surface area contributed by atoms with Crippen LogP contribution in [-0.2, 0) is 16.1 Å². The number of carbonyl (C=O) groups excluding carboxylic acids is 2. The number of nitrogens with zero attached hydrogens (tertiary/aromatic N) is 3. The molecule has 1 aliphatic rings. The van der Waals surface area contributed by atoms with E-state index in [0.29, 0.717) is 23.3 Å². The predicted octanol–water partition coefficient (Wildman–Crippen LogP) is 3.28. The number of hydrogen-bond acceptors (Lipinski definition) is 5. The van der Waals surface area contributed by atoms with Crippen molar-refractivity contribution in [1.82, 2.24) is 19.8 Å². The Morgan fingerprint density at radius 2 is 1.91 bits per heavy atom. The number of unbranched alkanes of at least 4 members (excludes halogenated alkanes) is 1. The first-order valence-electron chi connectivity index (χ1n) is 11.6. The normalized spacial score (nSPS) is 17.9. The number of carbonyl (C=O) groups is 2. The number of likely N-dealkylation sites (tertiary alicyclic amines) is 1. The molecule has 2 amide bonds. The number of methoxy groups -OCH3 is 1. The number of aromatic amines is 1. The highest BCUT2D eigenvalue weighted by Crippen LogP contribution is 2.40. The molecule has 3 aromatic rings. The van der Waals surface area contributed by atoms with Gasteiger partial charge in [-0.25, -0.2) is 4.98 Å². The van der Waals surface area contributed by atoms with Gasteiger partial charge in [-0.2, -0.15) is 0 Å². The van der Waals surface area contributed by atoms with E-state index in [4.69, 9.17) is 4.74 Å². The van der Waals surface area contributed by atoms with Crippen molar-refractivity contribution in [2.24, 2.45) is 5.92 Å². The zero-order chi connectivity index (χ0) is 24.2. The average Bonchev–Trinajstić information content (AvgIpc) is 3.18. The van der Waals surface area contributed by atoms with E-state index in [1.165, 1.54) is 0 Å². The summed E-state index contributed by atoms with van der Waals surface area (Å²) in [5.41, 5.74) is 1.26. The van der Waals surface area contributed by atoms with Crippen LogP contribution in [0.2, 0.25) is 0 Å². The molecule has 2 heterocycles. The highest BCUT2D eigenvalue weighted by Gasteiger charge is 2.45. The van der Waals surface area contributed by atoms with Crippen LogP contribution in [-0.4, -0.2) is 52.3 Å². The van der Waals surface area contributed by atoms with Gasteiger partial charge in [-0.05, 0) is 36.2 Å². The number of ether oxygens (including phenoxy) is 1. The lowest BCUT2D eigenvalue weighted by atomic mass is 9.92. The van der Waals surface area contributed by atoms with Gasteiger partial charge in [0.05, 0.1) is 36.5 Å². The van der Waals surface area contributed by atoms with Gasteiger partial charge >= 0.3 is 0 Å². The molecule has 0 bridgehead atoms. The molecule has 2 unspecified atom stereocenters. The zero-order valence-corrected chi connectivity index (χ0v) is 19.8. The molecule has 2 aromatic carbocycles. The van der Waals surface area contributed by atoms with E-state index in [2.05, 4.69) is 16.9 Å². The van der Waals surface area contributed by atoms with Crippen LogP contribution in [0.15, 0.2) is 53.3 Å². The molecule has 8 heteroatoms. The van der Waals surface area contributed by atoms with Crippen LogP contribution in [0, 0.1) is 5.92 Å². The third-order valence-corrected chi connectivity index (χ3v) is 6.38. The summed E-state index contributed by atoms with van der Waals surface area (Å²) < 4.78 is 5.27. The number of aromatic nitrogens is 2. The van der Waals surface area contributed by atoms with Crippen molar-refractivity contribution in [2.45, 2.75) is 38.8 Å². The molecule has 4 rings (SSSR count). The number of benzene rings is 2. The SMILES string of the molecule is CCCCN1C(=O)CC(C(=O)N(C)Cc2nc3ccccc3c(=O)[nH]2)C1c1ccc(OC)cc1. The van der Waals surface area contributed by atoms with Gasteiger partial charge in [-0.3, -0.25) is 14.4 Å². The third-order valence-electron chi connectivity index (χ3n) is 6.38. The highest BCUT2D eigenvalue weighted by atomic mass is 16.5. The number of H-pyrrole nitrogens is 1. The summed E-state index contributed by atoms with van der Waals surface area (Å²) in [5.74, 6) is 0.448. The lowest BCUT2D eigenvalue weighted by Crippen LogP contribution is -2.37. The Hall–Kier alpha value is -3.68. The molecule has 0 aliphatic carbocycles. The lowest BCUT2D eigenvalue weighted by molar-refractivity contribution is -0.136. The van der Waals surface area contributed by atoms with Crippen molar-refractivity contribution < 1.29 is 14.3 Å². The Balaban J connectivity index is 1.60. The Bertz CT molecular complexity index is 1240. The van der Waals surface area contributed by atoms with Crippen LogP contribution in [0.4, 0.5) is 0 Å².